The fraction of sp³-hybridized carbons (Fsp3) is 0.727. The van der Waals surface area contributed by atoms with Crippen LogP contribution in [-0.2, 0) is 14.4 Å². The first-order valence-corrected chi connectivity index (χ1v) is 6.42. The minimum absolute atomic E-state index is 0.0193. The van der Waals surface area contributed by atoms with Gasteiger partial charge >= 0.3 is 11.9 Å². The SMILES string of the molecule is CC(=O)S[C@H]1C[C@H]2C[C@@H]1[C@H](C(=O)O)[C@H]2C(=O)O. The quantitative estimate of drug-likeness (QED) is 0.787. The van der Waals surface area contributed by atoms with Gasteiger partial charge in [-0.05, 0) is 24.7 Å². The van der Waals surface area contributed by atoms with Crippen LogP contribution in [0.5, 0.6) is 0 Å². The Bertz CT molecular complexity index is 378. The molecule has 0 amide bonds. The molecule has 0 heterocycles. The summed E-state index contributed by atoms with van der Waals surface area (Å²) in [6.07, 6.45) is 1.27. The molecule has 0 unspecified atom stereocenters. The molecule has 2 aliphatic rings. The number of hydrogen-bond acceptors (Lipinski definition) is 4. The van der Waals surface area contributed by atoms with Crippen molar-refractivity contribution >= 4 is 28.8 Å². The molecule has 0 aromatic rings. The maximum atomic E-state index is 11.2. The van der Waals surface area contributed by atoms with E-state index in [2.05, 4.69) is 0 Å². The van der Waals surface area contributed by atoms with Crippen molar-refractivity contribution in [3.8, 4) is 0 Å². The molecule has 5 atom stereocenters. The lowest BCUT2D eigenvalue weighted by Gasteiger charge is -2.30. The van der Waals surface area contributed by atoms with Gasteiger partial charge in [0.1, 0.15) is 0 Å². The second-order valence-corrected chi connectivity index (χ2v) is 6.19. The van der Waals surface area contributed by atoms with Gasteiger partial charge in [0.05, 0.1) is 11.8 Å². The Morgan fingerprint density at radius 3 is 2.12 bits per heavy atom. The van der Waals surface area contributed by atoms with Crippen molar-refractivity contribution in [1.29, 1.82) is 0 Å². The van der Waals surface area contributed by atoms with E-state index in [9.17, 15) is 14.4 Å². The van der Waals surface area contributed by atoms with E-state index in [1.54, 1.807) is 0 Å². The maximum Gasteiger partial charge on any atom is 0.307 e. The van der Waals surface area contributed by atoms with Crippen molar-refractivity contribution in [3.05, 3.63) is 0 Å². The Hall–Kier alpha value is -1.04. The molecule has 2 saturated carbocycles. The molecule has 0 aromatic heterocycles. The number of carboxylic acid groups (broad SMARTS) is 2. The van der Waals surface area contributed by atoms with Crippen LogP contribution in [0.1, 0.15) is 19.8 Å². The highest BCUT2D eigenvalue weighted by Gasteiger charge is 2.58. The van der Waals surface area contributed by atoms with Crippen molar-refractivity contribution in [2.75, 3.05) is 0 Å². The summed E-state index contributed by atoms with van der Waals surface area (Å²) in [4.78, 5) is 33.3. The van der Waals surface area contributed by atoms with Gasteiger partial charge in [-0.2, -0.15) is 0 Å². The van der Waals surface area contributed by atoms with Crippen molar-refractivity contribution in [3.63, 3.8) is 0 Å². The minimum Gasteiger partial charge on any atom is -0.481 e. The zero-order valence-corrected chi connectivity index (χ0v) is 10.1. The fourth-order valence-electron chi connectivity index (χ4n) is 3.34. The average molecular weight is 258 g/mol. The van der Waals surface area contributed by atoms with Crippen LogP contribution in [0.25, 0.3) is 0 Å². The topological polar surface area (TPSA) is 91.7 Å². The predicted octanol–water partition coefficient (Wildman–Crippen LogP) is 1.08. The molecule has 0 radical (unpaired) electrons. The van der Waals surface area contributed by atoms with Crippen LogP contribution >= 0.6 is 11.8 Å². The summed E-state index contributed by atoms with van der Waals surface area (Å²) in [6, 6.07) is 0. The van der Waals surface area contributed by atoms with Gasteiger partial charge in [-0.3, -0.25) is 14.4 Å². The summed E-state index contributed by atoms with van der Waals surface area (Å²) in [7, 11) is 0. The zero-order chi connectivity index (χ0) is 12.7. The highest BCUT2D eigenvalue weighted by atomic mass is 32.2. The van der Waals surface area contributed by atoms with E-state index < -0.39 is 23.8 Å². The molecule has 0 saturated heterocycles. The van der Waals surface area contributed by atoms with Crippen molar-refractivity contribution in [1.82, 2.24) is 0 Å². The van der Waals surface area contributed by atoms with Crippen molar-refractivity contribution < 1.29 is 24.6 Å². The van der Waals surface area contributed by atoms with Gasteiger partial charge < -0.3 is 10.2 Å². The standard InChI is InChI=1S/C11H14O5S/c1-4(12)17-7-3-5-2-6(7)9(11(15)16)8(5)10(13)14/h5-9H,2-3H2,1H3,(H,13,14)(H,15,16)/t5-,6+,7+,8+,9+/m1/s1. The fourth-order valence-corrected chi connectivity index (χ4v) is 4.57. The summed E-state index contributed by atoms with van der Waals surface area (Å²) in [5.74, 6) is -3.93. The molecule has 2 rings (SSSR count). The van der Waals surface area contributed by atoms with Gasteiger partial charge in [0, 0.05) is 12.2 Å². The van der Waals surface area contributed by atoms with E-state index in [1.165, 1.54) is 6.92 Å². The number of rotatable bonds is 3. The third-order valence-electron chi connectivity index (χ3n) is 3.83. The van der Waals surface area contributed by atoms with E-state index in [0.717, 1.165) is 11.8 Å². The lowest BCUT2D eigenvalue weighted by Crippen LogP contribution is -2.39. The number of carboxylic acids is 2. The highest BCUT2D eigenvalue weighted by molar-refractivity contribution is 8.14. The predicted molar refractivity (Wildman–Crippen MR) is 60.5 cm³/mol. The van der Waals surface area contributed by atoms with Gasteiger partial charge in [0.15, 0.2) is 5.12 Å². The Labute approximate surface area is 103 Å². The summed E-state index contributed by atoms with van der Waals surface area (Å²) in [6.45, 7) is 1.46. The number of carbonyl (C=O) groups is 3. The Morgan fingerprint density at radius 2 is 1.65 bits per heavy atom. The molecule has 6 heteroatoms. The first-order chi connectivity index (χ1) is 7.91. The number of fused-ring (bicyclic) bond motifs is 2. The number of hydrogen-bond donors (Lipinski definition) is 2. The average Bonchev–Trinajstić information content (AvgIpc) is 2.71. The van der Waals surface area contributed by atoms with E-state index in [-0.39, 0.29) is 22.2 Å². The van der Waals surface area contributed by atoms with E-state index in [0.29, 0.717) is 12.8 Å². The molecule has 0 spiro atoms. The van der Waals surface area contributed by atoms with E-state index in [1.807, 2.05) is 0 Å². The first kappa shape index (κ1) is 12.4. The van der Waals surface area contributed by atoms with Crippen LogP contribution in [0.2, 0.25) is 0 Å². The van der Waals surface area contributed by atoms with Crippen LogP contribution in [-0.4, -0.2) is 32.5 Å². The lowest BCUT2D eigenvalue weighted by atomic mass is 9.79. The third-order valence-corrected chi connectivity index (χ3v) is 5.01. The van der Waals surface area contributed by atoms with Gasteiger partial charge in [0.2, 0.25) is 0 Å². The van der Waals surface area contributed by atoms with E-state index >= 15 is 0 Å². The molecule has 2 bridgehead atoms. The van der Waals surface area contributed by atoms with Crippen LogP contribution in [0, 0.1) is 23.7 Å². The molecular formula is C11H14O5S. The van der Waals surface area contributed by atoms with Gasteiger partial charge in [-0.15, -0.1) is 0 Å². The lowest BCUT2D eigenvalue weighted by molar-refractivity contribution is -0.156. The third kappa shape index (κ3) is 2.06. The molecular weight excluding hydrogens is 244 g/mol. The molecule has 0 aromatic carbocycles. The van der Waals surface area contributed by atoms with E-state index in [4.69, 9.17) is 10.2 Å². The van der Waals surface area contributed by atoms with Crippen LogP contribution in [0.4, 0.5) is 0 Å². The number of thioether (sulfide) groups is 1. The first-order valence-electron chi connectivity index (χ1n) is 5.54. The molecule has 17 heavy (non-hydrogen) atoms. The van der Waals surface area contributed by atoms with Crippen LogP contribution < -0.4 is 0 Å². The van der Waals surface area contributed by atoms with Crippen LogP contribution in [0.15, 0.2) is 0 Å². The molecule has 2 N–H and O–H groups in total. The zero-order valence-electron chi connectivity index (χ0n) is 9.33. The smallest absolute Gasteiger partial charge is 0.307 e. The van der Waals surface area contributed by atoms with Gasteiger partial charge in [-0.1, -0.05) is 11.8 Å². The van der Waals surface area contributed by atoms with Crippen molar-refractivity contribution in [2.24, 2.45) is 23.7 Å². The summed E-state index contributed by atoms with van der Waals surface area (Å²) >= 11 is 1.16. The normalized spacial score (nSPS) is 39.2. The minimum atomic E-state index is -1.04. The molecule has 2 fully saturated rings. The summed E-state index contributed by atoms with van der Waals surface area (Å²) in [5, 5.41) is 18.2. The highest BCUT2D eigenvalue weighted by Crippen LogP contribution is 2.56. The largest absolute Gasteiger partial charge is 0.481 e. The molecule has 2 aliphatic carbocycles. The summed E-state index contributed by atoms with van der Waals surface area (Å²) < 4.78 is 0. The maximum absolute atomic E-state index is 11.2. The second kappa shape index (κ2) is 4.33. The van der Waals surface area contributed by atoms with Crippen LogP contribution in [0.3, 0.4) is 0 Å². The molecule has 94 valence electrons. The van der Waals surface area contributed by atoms with Gasteiger partial charge in [0.25, 0.3) is 0 Å². The monoisotopic (exact) mass is 258 g/mol. The van der Waals surface area contributed by atoms with Gasteiger partial charge in [-0.25, -0.2) is 0 Å². The molecule has 5 nitrogen and oxygen atoms in total. The Kier molecular flexibility index (Phi) is 3.16. The number of aliphatic carboxylic acids is 2. The Balaban J connectivity index is 2.19. The molecule has 0 aliphatic heterocycles. The second-order valence-electron chi connectivity index (χ2n) is 4.77. The van der Waals surface area contributed by atoms with Crippen molar-refractivity contribution in [2.45, 2.75) is 25.0 Å². The Morgan fingerprint density at radius 1 is 1.06 bits per heavy atom. The summed E-state index contributed by atoms with van der Waals surface area (Å²) in [5.41, 5.74) is 0. The number of carbonyl (C=O) groups excluding carboxylic acids is 1.